The van der Waals surface area contributed by atoms with Crippen LogP contribution in [0.25, 0.3) is 0 Å². The first-order chi connectivity index (χ1) is 8.81. The van der Waals surface area contributed by atoms with Gasteiger partial charge in [0.2, 0.25) is 0 Å². The summed E-state index contributed by atoms with van der Waals surface area (Å²) in [6, 6.07) is 0. The quantitative estimate of drug-likeness (QED) is 0.626. The van der Waals surface area contributed by atoms with Crippen molar-refractivity contribution < 1.29 is 14.2 Å². The smallest absolute Gasteiger partial charge is 0.135 e. The largest absolute Gasteiger partial charge is 0.382 e. The zero-order valence-corrected chi connectivity index (χ0v) is 11.3. The number of aromatic nitrogens is 2. The Labute approximate surface area is 111 Å². The molecule has 0 fully saturated rings. The Hall–Kier alpha value is -0.820. The van der Waals surface area contributed by atoms with Crippen LogP contribution < -0.4 is 0 Å². The minimum Gasteiger partial charge on any atom is -0.382 e. The lowest BCUT2D eigenvalue weighted by Crippen LogP contribution is -2.16. The van der Waals surface area contributed by atoms with Gasteiger partial charge < -0.3 is 19.2 Å². The maximum atomic E-state index is 5.42. The predicted octanol–water partition coefficient (Wildman–Crippen LogP) is 1.42. The number of ether oxygens (including phenoxy) is 3. The van der Waals surface area contributed by atoms with Gasteiger partial charge in [0, 0.05) is 31.2 Å². The monoisotopic (exact) mass is 270 g/mol. The Balaban J connectivity index is 1.93. The van der Waals surface area contributed by atoms with Crippen LogP contribution in [0.3, 0.4) is 0 Å². The molecule has 1 N–H and O–H groups in total. The van der Waals surface area contributed by atoms with Crippen LogP contribution in [0.1, 0.15) is 17.1 Å². The van der Waals surface area contributed by atoms with Crippen LogP contribution in [0.15, 0.2) is 0 Å². The molecule has 0 aromatic carbocycles. The van der Waals surface area contributed by atoms with E-state index in [2.05, 4.69) is 9.97 Å². The molecular formula is C12H18N2O3S. The fraction of sp³-hybridized carbons (Fsp3) is 0.667. The molecular weight excluding hydrogens is 252 g/mol. The van der Waals surface area contributed by atoms with Gasteiger partial charge in [-0.05, 0) is 0 Å². The maximum Gasteiger partial charge on any atom is 0.135 e. The summed E-state index contributed by atoms with van der Waals surface area (Å²) >= 11 is 5.27. The van der Waals surface area contributed by atoms with Crippen LogP contribution in [0.2, 0.25) is 0 Å². The van der Waals surface area contributed by atoms with Crippen LogP contribution in [-0.2, 0) is 33.7 Å². The summed E-state index contributed by atoms with van der Waals surface area (Å²) in [7, 11) is 1.66. The van der Waals surface area contributed by atoms with Gasteiger partial charge in [-0.3, -0.25) is 0 Å². The highest BCUT2D eigenvalue weighted by atomic mass is 32.1. The fourth-order valence-corrected chi connectivity index (χ4v) is 2.13. The zero-order chi connectivity index (χ0) is 12.8. The molecule has 0 amide bonds. The van der Waals surface area contributed by atoms with Gasteiger partial charge in [-0.15, -0.1) is 0 Å². The molecule has 0 spiro atoms. The summed E-state index contributed by atoms with van der Waals surface area (Å²) in [6.07, 6.45) is 1.61. The van der Waals surface area contributed by atoms with E-state index >= 15 is 0 Å². The predicted molar refractivity (Wildman–Crippen MR) is 69.2 cm³/mol. The molecule has 0 unspecified atom stereocenters. The highest BCUT2D eigenvalue weighted by molar-refractivity contribution is 7.71. The molecule has 18 heavy (non-hydrogen) atoms. The highest BCUT2D eigenvalue weighted by Crippen LogP contribution is 2.15. The number of rotatable bonds is 6. The van der Waals surface area contributed by atoms with Gasteiger partial charge in [0.15, 0.2) is 0 Å². The second-order valence-electron chi connectivity index (χ2n) is 4.10. The first kappa shape index (κ1) is 13.6. The van der Waals surface area contributed by atoms with Gasteiger partial charge in [0.25, 0.3) is 0 Å². The lowest BCUT2D eigenvalue weighted by Gasteiger charge is -2.17. The molecule has 5 nitrogen and oxygen atoms in total. The van der Waals surface area contributed by atoms with E-state index in [4.69, 9.17) is 26.4 Å². The summed E-state index contributed by atoms with van der Waals surface area (Å²) in [5.74, 6) is 0.887. The number of hydrogen-bond donors (Lipinski definition) is 1. The van der Waals surface area contributed by atoms with Gasteiger partial charge in [-0.1, -0.05) is 12.2 Å². The zero-order valence-electron chi connectivity index (χ0n) is 10.5. The van der Waals surface area contributed by atoms with Crippen molar-refractivity contribution in [3.05, 3.63) is 21.7 Å². The number of fused-ring (bicyclic) bond motifs is 1. The van der Waals surface area contributed by atoms with E-state index in [0.717, 1.165) is 36.5 Å². The summed E-state index contributed by atoms with van der Waals surface area (Å²) in [6.45, 7) is 3.16. The van der Waals surface area contributed by atoms with Crippen molar-refractivity contribution in [1.82, 2.24) is 9.97 Å². The third-order valence-corrected chi connectivity index (χ3v) is 3.15. The van der Waals surface area contributed by atoms with E-state index in [1.165, 1.54) is 0 Å². The van der Waals surface area contributed by atoms with Gasteiger partial charge in [-0.2, -0.15) is 0 Å². The Morgan fingerprint density at radius 3 is 3.11 bits per heavy atom. The van der Waals surface area contributed by atoms with Crippen molar-refractivity contribution in [3.63, 3.8) is 0 Å². The molecule has 1 aliphatic rings. The number of H-pyrrole nitrogens is 1. The van der Waals surface area contributed by atoms with Gasteiger partial charge >= 0.3 is 0 Å². The van der Waals surface area contributed by atoms with Crippen molar-refractivity contribution in [2.45, 2.75) is 19.4 Å². The molecule has 1 aliphatic heterocycles. The number of aromatic amines is 1. The van der Waals surface area contributed by atoms with Crippen LogP contribution in [0.5, 0.6) is 0 Å². The molecule has 0 saturated heterocycles. The lowest BCUT2D eigenvalue weighted by atomic mass is 10.1. The fourth-order valence-electron chi connectivity index (χ4n) is 1.84. The molecule has 2 heterocycles. The molecule has 0 aliphatic carbocycles. The third kappa shape index (κ3) is 3.58. The van der Waals surface area contributed by atoms with Crippen LogP contribution in [-0.4, -0.2) is 43.5 Å². The van der Waals surface area contributed by atoms with E-state index < -0.39 is 0 Å². The Morgan fingerprint density at radius 1 is 1.39 bits per heavy atom. The van der Waals surface area contributed by atoms with Crippen molar-refractivity contribution >= 4 is 12.2 Å². The molecule has 2 rings (SSSR count). The molecule has 0 radical (unpaired) electrons. The van der Waals surface area contributed by atoms with Crippen molar-refractivity contribution in [2.75, 3.05) is 33.5 Å². The van der Waals surface area contributed by atoms with Crippen LogP contribution in [0.4, 0.5) is 0 Å². The van der Waals surface area contributed by atoms with E-state index in [-0.39, 0.29) is 0 Å². The molecule has 6 heteroatoms. The minimum absolute atomic E-state index is 0.572. The normalized spacial score (nSPS) is 14.5. The molecule has 0 saturated carbocycles. The number of nitrogens with one attached hydrogen (secondary N) is 1. The van der Waals surface area contributed by atoms with Gasteiger partial charge in [0.1, 0.15) is 10.5 Å². The maximum absolute atomic E-state index is 5.42. The minimum atomic E-state index is 0.572. The number of methoxy groups -OCH3 is 1. The third-order valence-electron chi connectivity index (χ3n) is 2.81. The van der Waals surface area contributed by atoms with Gasteiger partial charge in [-0.25, -0.2) is 4.98 Å². The Morgan fingerprint density at radius 2 is 2.28 bits per heavy atom. The van der Waals surface area contributed by atoms with E-state index in [1.54, 1.807) is 7.11 Å². The first-order valence-electron chi connectivity index (χ1n) is 6.06. The topological polar surface area (TPSA) is 56.4 Å². The molecule has 1 aromatic heterocycles. The molecule has 0 bridgehead atoms. The van der Waals surface area contributed by atoms with Crippen molar-refractivity contribution in [3.8, 4) is 0 Å². The summed E-state index contributed by atoms with van der Waals surface area (Å²) in [4.78, 5) is 7.70. The van der Waals surface area contributed by atoms with E-state index in [9.17, 15) is 0 Å². The summed E-state index contributed by atoms with van der Waals surface area (Å²) in [5.41, 5.74) is 2.19. The molecule has 1 aromatic rings. The van der Waals surface area contributed by atoms with Crippen molar-refractivity contribution in [2.24, 2.45) is 0 Å². The standard InChI is InChI=1S/C12H18N2O3S/c1-15-6-7-16-5-3-11-13-10-2-4-17-8-9(10)12(18)14-11/h2-8H2,1H3,(H,13,14,18). The van der Waals surface area contributed by atoms with Crippen LogP contribution >= 0.6 is 12.2 Å². The highest BCUT2D eigenvalue weighted by Gasteiger charge is 2.13. The Kier molecular flexibility index (Phi) is 5.25. The average molecular weight is 270 g/mol. The van der Waals surface area contributed by atoms with Gasteiger partial charge in [0.05, 0.1) is 33.0 Å². The molecule has 0 atom stereocenters. The molecule has 100 valence electrons. The lowest BCUT2D eigenvalue weighted by molar-refractivity contribution is 0.0715. The number of nitrogens with zero attached hydrogens (tertiary/aromatic N) is 1. The van der Waals surface area contributed by atoms with Crippen LogP contribution in [0, 0.1) is 4.64 Å². The summed E-state index contributed by atoms with van der Waals surface area (Å²) < 4.78 is 16.4. The van der Waals surface area contributed by atoms with E-state index in [1.807, 2.05) is 0 Å². The first-order valence-corrected chi connectivity index (χ1v) is 6.47. The second kappa shape index (κ2) is 6.94. The average Bonchev–Trinajstić information content (AvgIpc) is 2.39. The Bertz CT molecular complexity index is 447. The summed E-state index contributed by atoms with van der Waals surface area (Å²) in [5, 5.41) is 0. The number of hydrogen-bond acceptors (Lipinski definition) is 5. The van der Waals surface area contributed by atoms with Crippen molar-refractivity contribution in [1.29, 1.82) is 0 Å². The van der Waals surface area contributed by atoms with E-state index in [0.29, 0.717) is 31.1 Å². The second-order valence-corrected chi connectivity index (χ2v) is 4.49. The SMILES string of the molecule is COCCOCCc1nc(=S)c2c([nH]1)CCOC2.